The SMILES string of the molecule is CC.CC(C)C(=O)CCN(C)C/[N+](C)=C\N(CCOC(C)(C)COC(C)(C)CCC(=O)O)C1CCN(C(=O)C(C)(C)CC(C)(C)C)CC1. The predicted octanol–water partition coefficient (Wildman–Crippen LogP) is 6.40. The predicted molar refractivity (Wildman–Crippen MR) is 197 cm³/mol. The first-order valence-electron chi connectivity index (χ1n) is 18.2. The Kier molecular flexibility index (Phi) is 19.7. The summed E-state index contributed by atoms with van der Waals surface area (Å²) in [6.07, 6.45) is 5.80. The average molecular weight is 684 g/mol. The third-order valence-electron chi connectivity index (χ3n) is 8.56. The van der Waals surface area contributed by atoms with Gasteiger partial charge in [0.15, 0.2) is 0 Å². The summed E-state index contributed by atoms with van der Waals surface area (Å²) in [6, 6.07) is 0.267. The number of amides is 1. The van der Waals surface area contributed by atoms with Crippen molar-refractivity contribution in [2.24, 2.45) is 16.7 Å². The Hall–Kier alpha value is -2.04. The molecule has 1 N–H and O–H groups in total. The van der Waals surface area contributed by atoms with Gasteiger partial charge in [-0.3, -0.25) is 28.8 Å². The van der Waals surface area contributed by atoms with Crippen LogP contribution in [-0.2, 0) is 23.9 Å². The zero-order chi connectivity index (χ0) is 37.5. The summed E-state index contributed by atoms with van der Waals surface area (Å²) in [5.74, 6) is -0.258. The summed E-state index contributed by atoms with van der Waals surface area (Å²) >= 11 is 0. The van der Waals surface area contributed by atoms with Crippen molar-refractivity contribution in [2.45, 2.75) is 146 Å². The van der Waals surface area contributed by atoms with Crippen LogP contribution in [0.1, 0.15) is 129 Å². The van der Waals surface area contributed by atoms with Gasteiger partial charge in [-0.2, -0.15) is 0 Å². The maximum absolute atomic E-state index is 13.5. The largest absolute Gasteiger partial charge is 0.481 e. The average Bonchev–Trinajstić information content (AvgIpc) is 2.97. The van der Waals surface area contributed by atoms with E-state index >= 15 is 0 Å². The van der Waals surface area contributed by atoms with Crippen molar-refractivity contribution in [1.29, 1.82) is 0 Å². The lowest BCUT2D eigenvalue weighted by Crippen LogP contribution is -2.51. The second-order valence-corrected chi connectivity index (χ2v) is 16.9. The topological polar surface area (TPSA) is 103 Å². The second-order valence-electron chi connectivity index (χ2n) is 16.9. The number of hydrogen-bond donors (Lipinski definition) is 1. The number of carboxylic acids is 1. The van der Waals surface area contributed by atoms with Crippen molar-refractivity contribution in [3.63, 3.8) is 0 Å². The summed E-state index contributed by atoms with van der Waals surface area (Å²) in [5, 5.41) is 9.05. The molecule has 1 aliphatic heterocycles. The Morgan fingerprint density at radius 2 is 1.48 bits per heavy atom. The van der Waals surface area contributed by atoms with Gasteiger partial charge in [-0.15, -0.1) is 0 Å². The molecule has 0 aromatic rings. The maximum atomic E-state index is 13.5. The summed E-state index contributed by atoms with van der Waals surface area (Å²) in [5.41, 5.74) is -1.42. The van der Waals surface area contributed by atoms with E-state index in [1.54, 1.807) is 0 Å². The fourth-order valence-corrected chi connectivity index (χ4v) is 6.21. The van der Waals surface area contributed by atoms with Gasteiger partial charge in [-0.05, 0) is 53.0 Å². The molecule has 0 saturated carbocycles. The van der Waals surface area contributed by atoms with Crippen LogP contribution in [0.25, 0.3) is 0 Å². The molecule has 0 spiro atoms. The lowest BCUT2D eigenvalue weighted by molar-refractivity contribution is -0.519. The number of carbonyl (C=O) groups is 3. The van der Waals surface area contributed by atoms with Crippen LogP contribution in [-0.4, -0.2) is 126 Å². The van der Waals surface area contributed by atoms with Gasteiger partial charge in [0.2, 0.25) is 12.2 Å². The van der Waals surface area contributed by atoms with Crippen LogP contribution in [0.3, 0.4) is 0 Å². The van der Waals surface area contributed by atoms with Crippen molar-refractivity contribution in [3.8, 4) is 0 Å². The molecule has 1 amide bonds. The number of piperidine rings is 1. The number of hydrogen-bond acceptors (Lipinski definition) is 6. The van der Waals surface area contributed by atoms with Crippen LogP contribution in [0.4, 0.5) is 0 Å². The van der Waals surface area contributed by atoms with Crippen molar-refractivity contribution in [3.05, 3.63) is 0 Å². The van der Waals surface area contributed by atoms with Crippen molar-refractivity contribution in [1.82, 2.24) is 14.7 Å². The smallest absolute Gasteiger partial charge is 0.303 e. The minimum atomic E-state index is -0.826. The zero-order valence-electron chi connectivity index (χ0n) is 33.7. The minimum absolute atomic E-state index is 0.0513. The standard InChI is InChI=1S/C36H68N4O6.C2H6/c1-28(2)30(41)17-19-37(12)26-38(13)27-40(22-23-45-36(10,11)25-46-35(8,9)18-14-31(42)43)29-15-20-39(21-16-29)32(44)34(6,7)24-33(3,4)5;1-2/h27-29H,14-26H2,1-13H3;1-2H3/p+1. The molecule has 0 unspecified atom stereocenters. The number of ether oxygens (including phenoxy) is 2. The van der Waals surface area contributed by atoms with Crippen molar-refractivity contribution in [2.75, 3.05) is 60.2 Å². The first-order valence-corrected chi connectivity index (χ1v) is 18.2. The van der Waals surface area contributed by atoms with Crippen LogP contribution in [0.15, 0.2) is 0 Å². The molecule has 0 aliphatic carbocycles. The number of likely N-dealkylation sites (tertiary alicyclic amines) is 1. The van der Waals surface area contributed by atoms with E-state index in [1.807, 2.05) is 67.3 Å². The minimum Gasteiger partial charge on any atom is -0.481 e. The molecule has 0 atom stereocenters. The molecule has 48 heavy (non-hydrogen) atoms. The molecule has 1 fully saturated rings. The fourth-order valence-electron chi connectivity index (χ4n) is 6.21. The van der Waals surface area contributed by atoms with Gasteiger partial charge in [0.1, 0.15) is 19.0 Å². The summed E-state index contributed by atoms with van der Waals surface area (Å²) in [4.78, 5) is 43.3. The fraction of sp³-hybridized carbons (Fsp3) is 0.895. The van der Waals surface area contributed by atoms with Crippen LogP contribution in [0.2, 0.25) is 0 Å². The second kappa shape index (κ2) is 20.6. The molecule has 0 bridgehead atoms. The number of nitrogens with zero attached hydrogens (tertiary/aromatic N) is 4. The van der Waals surface area contributed by atoms with Crippen molar-refractivity contribution < 1.29 is 33.5 Å². The molecule has 1 rings (SSSR count). The van der Waals surface area contributed by atoms with Crippen LogP contribution in [0.5, 0.6) is 0 Å². The van der Waals surface area contributed by atoms with Gasteiger partial charge in [0, 0.05) is 56.7 Å². The molecule has 0 aromatic heterocycles. The monoisotopic (exact) mass is 684 g/mol. The molecule has 10 nitrogen and oxygen atoms in total. The first kappa shape index (κ1) is 46.0. The highest BCUT2D eigenvalue weighted by molar-refractivity contribution is 5.82. The highest BCUT2D eigenvalue weighted by Gasteiger charge is 2.38. The molecule has 282 valence electrons. The van der Waals surface area contributed by atoms with Gasteiger partial charge in [0.05, 0.1) is 37.5 Å². The van der Waals surface area contributed by atoms with E-state index < -0.39 is 22.6 Å². The highest BCUT2D eigenvalue weighted by atomic mass is 16.6. The Bertz CT molecular complexity index is 1010. The van der Waals surface area contributed by atoms with E-state index in [0.717, 1.165) is 32.4 Å². The molecule has 1 saturated heterocycles. The van der Waals surface area contributed by atoms with E-state index in [1.165, 1.54) is 0 Å². The molecular weight excluding hydrogens is 608 g/mol. The van der Waals surface area contributed by atoms with Gasteiger partial charge >= 0.3 is 5.97 Å². The number of Topliss-reactive ketones (excluding diaryl/α,β-unsaturated/α-hetero) is 1. The zero-order valence-corrected chi connectivity index (χ0v) is 33.7. The van der Waals surface area contributed by atoms with E-state index in [0.29, 0.717) is 45.8 Å². The van der Waals surface area contributed by atoms with Gasteiger partial charge in [-0.25, -0.2) is 0 Å². The Morgan fingerprint density at radius 3 is 1.98 bits per heavy atom. The summed E-state index contributed by atoms with van der Waals surface area (Å²) in [7, 11) is 4.09. The Labute approximate surface area is 294 Å². The number of carbonyl (C=O) groups excluding carboxylic acids is 2. The molecule has 1 heterocycles. The lowest BCUT2D eigenvalue weighted by Gasteiger charge is -2.40. The number of ketones is 1. The lowest BCUT2D eigenvalue weighted by atomic mass is 9.75. The molecule has 0 aromatic carbocycles. The van der Waals surface area contributed by atoms with Crippen LogP contribution < -0.4 is 0 Å². The summed E-state index contributed by atoms with van der Waals surface area (Å²) < 4.78 is 14.6. The van der Waals surface area contributed by atoms with Gasteiger partial charge in [-0.1, -0.05) is 62.3 Å². The highest BCUT2D eigenvalue weighted by Crippen LogP contribution is 2.35. The molecule has 10 heteroatoms. The quantitative estimate of drug-likeness (QED) is 0.0681. The normalized spacial score (nSPS) is 15.4. The Balaban J connectivity index is 0.0000108. The van der Waals surface area contributed by atoms with E-state index in [-0.39, 0.29) is 35.5 Å². The maximum Gasteiger partial charge on any atom is 0.303 e. The third-order valence-corrected chi connectivity index (χ3v) is 8.56. The van der Waals surface area contributed by atoms with E-state index in [4.69, 9.17) is 14.6 Å². The van der Waals surface area contributed by atoms with Crippen molar-refractivity contribution >= 4 is 24.0 Å². The number of rotatable bonds is 20. The van der Waals surface area contributed by atoms with Gasteiger partial charge in [0.25, 0.3) is 0 Å². The third kappa shape index (κ3) is 19.2. The number of aliphatic carboxylic acids is 1. The Morgan fingerprint density at radius 1 is 0.917 bits per heavy atom. The van der Waals surface area contributed by atoms with Gasteiger partial charge < -0.3 is 19.5 Å². The number of carboxylic acid groups (broad SMARTS) is 1. The summed E-state index contributed by atoms with van der Waals surface area (Å²) in [6.45, 7) is 30.8. The first-order chi connectivity index (χ1) is 21.9. The van der Waals surface area contributed by atoms with E-state index in [2.05, 4.69) is 62.4 Å². The molecule has 1 aliphatic rings. The van der Waals surface area contributed by atoms with E-state index in [9.17, 15) is 14.4 Å². The molecular formula is C38H75N4O6+. The van der Waals surface area contributed by atoms with Crippen LogP contribution >= 0.6 is 0 Å². The van der Waals surface area contributed by atoms with Crippen LogP contribution in [0, 0.1) is 16.7 Å². The molecule has 0 radical (unpaired) electrons.